The quantitative estimate of drug-likeness (QED) is 0.503. The van der Waals surface area contributed by atoms with Gasteiger partial charge in [0.05, 0.1) is 6.54 Å². The molecule has 0 amide bonds. The third-order valence-electron chi connectivity index (χ3n) is 2.19. The number of hydrogen-bond donors (Lipinski definition) is 1. The zero-order chi connectivity index (χ0) is 8.44. The van der Waals surface area contributed by atoms with E-state index in [1.165, 1.54) is 0 Å². The molecular formula is C9H12N2O. The Balaban J connectivity index is 2.29. The molecule has 12 heavy (non-hydrogen) atoms. The van der Waals surface area contributed by atoms with Crippen LogP contribution >= 0.6 is 0 Å². The molecular weight excluding hydrogens is 152 g/mol. The number of rotatable bonds is 1. The number of nitrogens with one attached hydrogen (secondary N) is 1. The third-order valence-corrected chi connectivity index (χ3v) is 2.19. The highest BCUT2D eigenvalue weighted by Gasteiger charge is 2.24. The molecule has 64 valence electrons. The second kappa shape index (κ2) is 2.86. The average Bonchev–Trinajstić information content (AvgIpc) is 2.55. The topological polar surface area (TPSA) is 35.1 Å². The fourth-order valence-electron chi connectivity index (χ4n) is 1.53. The predicted octanol–water partition coefficient (Wildman–Crippen LogP) is 1.40. The molecule has 3 heteroatoms. The van der Waals surface area contributed by atoms with Gasteiger partial charge in [0.15, 0.2) is 5.69 Å². The third kappa shape index (κ3) is 1.22. The molecule has 0 bridgehead atoms. The lowest BCUT2D eigenvalue weighted by atomic mass is 10.3. The van der Waals surface area contributed by atoms with Crippen molar-refractivity contribution >= 4 is 5.69 Å². The summed E-state index contributed by atoms with van der Waals surface area (Å²) in [6.07, 6.45) is 0.957. The summed E-state index contributed by atoms with van der Waals surface area (Å²) in [5.41, 5.74) is 3.73. The van der Waals surface area contributed by atoms with Crippen LogP contribution in [0.15, 0.2) is 30.3 Å². The van der Waals surface area contributed by atoms with Crippen LogP contribution in [0.4, 0.5) is 5.69 Å². The molecule has 1 unspecified atom stereocenters. The fraction of sp³-hybridized carbons (Fsp3) is 0.333. The zero-order valence-corrected chi connectivity index (χ0v) is 6.86. The second-order valence-corrected chi connectivity index (χ2v) is 3.06. The van der Waals surface area contributed by atoms with E-state index in [1.807, 2.05) is 30.3 Å². The van der Waals surface area contributed by atoms with E-state index >= 15 is 0 Å². The maximum Gasteiger partial charge on any atom is 0.152 e. The molecule has 0 aromatic heterocycles. The highest BCUT2D eigenvalue weighted by atomic mass is 16.6. The van der Waals surface area contributed by atoms with Gasteiger partial charge in [-0.05, 0) is 0 Å². The molecule has 1 atom stereocenters. The standard InChI is InChI=1S/C9H12N2O/c12-11(8-4-7-10-11)9-5-2-1-3-6-9/h1-3,5-6,10H,4,7-8H2. The molecule has 0 aliphatic carbocycles. The number of benzene rings is 1. The highest BCUT2D eigenvalue weighted by molar-refractivity contribution is 5.42. The van der Waals surface area contributed by atoms with E-state index in [9.17, 15) is 5.21 Å². The summed E-state index contributed by atoms with van der Waals surface area (Å²) in [7, 11) is 0. The van der Waals surface area contributed by atoms with Crippen LogP contribution in [-0.2, 0) is 0 Å². The van der Waals surface area contributed by atoms with Crippen molar-refractivity contribution in [2.45, 2.75) is 6.42 Å². The Morgan fingerprint density at radius 3 is 2.58 bits per heavy atom. The Morgan fingerprint density at radius 1 is 1.25 bits per heavy atom. The van der Waals surface area contributed by atoms with E-state index in [0.717, 1.165) is 18.7 Å². The van der Waals surface area contributed by atoms with E-state index in [1.54, 1.807) is 0 Å². The van der Waals surface area contributed by atoms with Gasteiger partial charge >= 0.3 is 0 Å². The number of para-hydroxylation sites is 1. The largest absolute Gasteiger partial charge is 0.606 e. The molecule has 1 aliphatic heterocycles. The Morgan fingerprint density at radius 2 is 2.00 bits per heavy atom. The number of nitrogens with zero attached hydrogens (tertiary/aromatic N) is 1. The van der Waals surface area contributed by atoms with Crippen LogP contribution in [0.5, 0.6) is 0 Å². The number of quaternary nitrogens is 1. The molecule has 1 fully saturated rings. The second-order valence-electron chi connectivity index (χ2n) is 3.06. The van der Waals surface area contributed by atoms with Crippen LogP contribution in [0.1, 0.15) is 6.42 Å². The van der Waals surface area contributed by atoms with Crippen molar-refractivity contribution in [1.82, 2.24) is 10.2 Å². The summed E-state index contributed by atoms with van der Waals surface area (Å²) in [4.78, 5) is 0. The summed E-state index contributed by atoms with van der Waals surface area (Å²) in [6.45, 7) is 1.46. The van der Waals surface area contributed by atoms with Gasteiger partial charge in [0, 0.05) is 18.6 Å². The van der Waals surface area contributed by atoms with E-state index in [4.69, 9.17) is 0 Å². The number of hydroxylamine groups is 1. The molecule has 2 rings (SSSR count). The summed E-state index contributed by atoms with van der Waals surface area (Å²) < 4.78 is -0.360. The molecule has 1 aromatic rings. The number of hydrogen-bond acceptors (Lipinski definition) is 2. The SMILES string of the molecule is [O-][N+]1(c2ccccc2)CCCN1. The lowest BCUT2D eigenvalue weighted by Crippen LogP contribution is -2.49. The minimum Gasteiger partial charge on any atom is -0.606 e. The first kappa shape index (κ1) is 7.73. The van der Waals surface area contributed by atoms with Crippen LogP contribution < -0.4 is 10.2 Å². The molecule has 0 spiro atoms. The van der Waals surface area contributed by atoms with Gasteiger partial charge in [0.1, 0.15) is 6.54 Å². The maximum atomic E-state index is 11.9. The summed E-state index contributed by atoms with van der Waals surface area (Å²) in [5, 5.41) is 11.9. The van der Waals surface area contributed by atoms with Crippen molar-refractivity contribution < 1.29 is 0 Å². The fourth-order valence-corrected chi connectivity index (χ4v) is 1.53. The van der Waals surface area contributed by atoms with Gasteiger partial charge in [-0.3, -0.25) is 0 Å². The van der Waals surface area contributed by atoms with Crippen LogP contribution in [0.25, 0.3) is 0 Å². The Kier molecular flexibility index (Phi) is 1.84. The summed E-state index contributed by atoms with van der Waals surface area (Å²) in [6, 6.07) is 9.45. The van der Waals surface area contributed by atoms with Gasteiger partial charge < -0.3 is 5.21 Å². The normalized spacial score (nSPS) is 29.1. The molecule has 0 saturated carbocycles. The zero-order valence-electron chi connectivity index (χ0n) is 6.86. The molecule has 3 nitrogen and oxygen atoms in total. The van der Waals surface area contributed by atoms with Crippen molar-refractivity contribution in [3.63, 3.8) is 0 Å². The predicted molar refractivity (Wildman–Crippen MR) is 49.1 cm³/mol. The van der Waals surface area contributed by atoms with Crippen LogP contribution in [0.3, 0.4) is 0 Å². The summed E-state index contributed by atoms with van der Waals surface area (Å²) in [5.74, 6) is 0. The Bertz CT molecular complexity index is 254. The van der Waals surface area contributed by atoms with Gasteiger partial charge in [0.2, 0.25) is 0 Å². The van der Waals surface area contributed by atoms with E-state index in [0.29, 0.717) is 6.54 Å². The van der Waals surface area contributed by atoms with E-state index in [2.05, 4.69) is 5.43 Å². The highest BCUT2D eigenvalue weighted by Crippen LogP contribution is 2.21. The monoisotopic (exact) mass is 164 g/mol. The van der Waals surface area contributed by atoms with Crippen LogP contribution in [0.2, 0.25) is 0 Å². The first-order valence-corrected chi connectivity index (χ1v) is 4.21. The lowest BCUT2D eigenvalue weighted by molar-refractivity contribution is 0.353. The van der Waals surface area contributed by atoms with Gasteiger partial charge in [-0.2, -0.15) is 5.43 Å². The van der Waals surface area contributed by atoms with Gasteiger partial charge in [-0.1, -0.05) is 18.2 Å². The first-order chi connectivity index (χ1) is 5.81. The van der Waals surface area contributed by atoms with E-state index in [-0.39, 0.29) is 4.76 Å². The van der Waals surface area contributed by atoms with Crippen LogP contribution in [-0.4, -0.2) is 13.1 Å². The van der Waals surface area contributed by atoms with Crippen molar-refractivity contribution in [3.8, 4) is 0 Å². The molecule has 1 heterocycles. The van der Waals surface area contributed by atoms with Crippen molar-refractivity contribution in [2.24, 2.45) is 0 Å². The lowest BCUT2D eigenvalue weighted by Gasteiger charge is -2.36. The van der Waals surface area contributed by atoms with Crippen molar-refractivity contribution in [2.75, 3.05) is 13.1 Å². The average molecular weight is 164 g/mol. The minimum atomic E-state index is -0.360. The van der Waals surface area contributed by atoms with Gasteiger partial charge in [-0.25, -0.2) is 4.76 Å². The molecule has 1 aromatic carbocycles. The Hall–Kier alpha value is -0.900. The Labute approximate surface area is 71.8 Å². The van der Waals surface area contributed by atoms with Crippen molar-refractivity contribution in [3.05, 3.63) is 35.5 Å². The van der Waals surface area contributed by atoms with Gasteiger partial charge in [-0.15, -0.1) is 0 Å². The van der Waals surface area contributed by atoms with Gasteiger partial charge in [0.25, 0.3) is 0 Å². The molecule has 1 aliphatic rings. The smallest absolute Gasteiger partial charge is 0.152 e. The minimum absolute atomic E-state index is 0.360. The van der Waals surface area contributed by atoms with Crippen molar-refractivity contribution in [1.29, 1.82) is 0 Å². The molecule has 1 N–H and O–H groups in total. The first-order valence-electron chi connectivity index (χ1n) is 4.21. The summed E-state index contributed by atoms with van der Waals surface area (Å²) >= 11 is 0. The molecule has 1 saturated heterocycles. The van der Waals surface area contributed by atoms with E-state index < -0.39 is 0 Å². The van der Waals surface area contributed by atoms with Crippen LogP contribution in [0, 0.1) is 5.21 Å². The molecule has 0 radical (unpaired) electrons. The maximum absolute atomic E-state index is 11.9.